The topological polar surface area (TPSA) is 131 Å². The molecular formula is C42H70NO8P. The second-order valence-corrected chi connectivity index (χ2v) is 14.0. The molecule has 10 heteroatoms. The van der Waals surface area contributed by atoms with Crippen LogP contribution in [-0.2, 0) is 27.9 Å². The summed E-state index contributed by atoms with van der Waals surface area (Å²) in [6.07, 6.45) is 46.6. The number of unbranched alkanes of at least 4 members (excludes halogenated alkanes) is 8. The van der Waals surface area contributed by atoms with Gasteiger partial charge in [0, 0.05) is 19.4 Å². The Morgan fingerprint density at radius 1 is 0.615 bits per heavy atom. The number of hydrogen-bond donors (Lipinski definition) is 3. The Morgan fingerprint density at radius 3 is 1.69 bits per heavy atom. The van der Waals surface area contributed by atoms with E-state index in [1.165, 1.54) is 12.8 Å². The van der Waals surface area contributed by atoms with Crippen LogP contribution in [0, 0.1) is 0 Å². The molecule has 9 nitrogen and oxygen atoms in total. The highest BCUT2D eigenvalue weighted by Crippen LogP contribution is 2.42. The summed E-state index contributed by atoms with van der Waals surface area (Å²) in [4.78, 5) is 33.8. The molecule has 0 bridgehead atoms. The fraction of sp³-hybridized carbons (Fsp3) is 0.619. The number of rotatable bonds is 35. The summed E-state index contributed by atoms with van der Waals surface area (Å²) in [5.41, 5.74) is 0. The number of amides is 1. The van der Waals surface area contributed by atoms with Crippen LogP contribution < -0.4 is 5.32 Å². The Hall–Kier alpha value is -2.81. The van der Waals surface area contributed by atoms with Crippen molar-refractivity contribution in [3.63, 3.8) is 0 Å². The SMILES string of the molecule is CC/C=C\C/C=C\C/C=C\C/C=C\C/C=C\CCCC(=O)NCCOP(=O)(O)OCC(O)COC(=O)CCCCCCC/C=C\C/C=C\CCCC. The maximum atomic E-state index is 12.1. The van der Waals surface area contributed by atoms with E-state index in [4.69, 9.17) is 13.8 Å². The maximum Gasteiger partial charge on any atom is 0.472 e. The first-order valence-corrected chi connectivity index (χ1v) is 21.1. The van der Waals surface area contributed by atoms with Gasteiger partial charge in [0.05, 0.1) is 13.2 Å². The van der Waals surface area contributed by atoms with E-state index in [2.05, 4.69) is 104 Å². The van der Waals surface area contributed by atoms with E-state index < -0.39 is 26.5 Å². The average molecular weight is 748 g/mol. The van der Waals surface area contributed by atoms with Gasteiger partial charge in [0.25, 0.3) is 0 Å². The molecule has 52 heavy (non-hydrogen) atoms. The van der Waals surface area contributed by atoms with Gasteiger partial charge in [-0.2, -0.15) is 0 Å². The second kappa shape index (κ2) is 37.9. The molecule has 0 saturated heterocycles. The fourth-order valence-electron chi connectivity index (χ4n) is 4.61. The van der Waals surface area contributed by atoms with E-state index in [1.54, 1.807) is 0 Å². The van der Waals surface area contributed by atoms with Crippen molar-refractivity contribution in [2.24, 2.45) is 0 Å². The number of esters is 1. The van der Waals surface area contributed by atoms with Gasteiger partial charge < -0.3 is 20.1 Å². The molecule has 0 saturated carbocycles. The van der Waals surface area contributed by atoms with E-state index in [9.17, 15) is 24.2 Å². The first kappa shape index (κ1) is 49.2. The number of aliphatic hydroxyl groups excluding tert-OH is 1. The van der Waals surface area contributed by atoms with Gasteiger partial charge >= 0.3 is 13.8 Å². The molecule has 0 heterocycles. The number of nitrogens with one attached hydrogen (secondary N) is 1. The van der Waals surface area contributed by atoms with Crippen molar-refractivity contribution in [2.75, 3.05) is 26.4 Å². The normalized spacial score (nSPS) is 14.3. The third-order valence-electron chi connectivity index (χ3n) is 7.56. The predicted octanol–water partition coefficient (Wildman–Crippen LogP) is 10.5. The molecule has 0 aliphatic heterocycles. The van der Waals surface area contributed by atoms with Crippen LogP contribution in [0.5, 0.6) is 0 Å². The van der Waals surface area contributed by atoms with Crippen LogP contribution in [-0.4, -0.2) is 54.3 Å². The zero-order valence-corrected chi connectivity index (χ0v) is 33.1. The van der Waals surface area contributed by atoms with Crippen LogP contribution in [0.15, 0.2) is 85.1 Å². The first-order chi connectivity index (χ1) is 25.3. The van der Waals surface area contributed by atoms with Crippen LogP contribution in [0.2, 0.25) is 0 Å². The Bertz CT molecular complexity index is 1130. The van der Waals surface area contributed by atoms with Crippen molar-refractivity contribution in [3.8, 4) is 0 Å². The van der Waals surface area contributed by atoms with Gasteiger partial charge in [-0.15, -0.1) is 0 Å². The van der Waals surface area contributed by atoms with Crippen molar-refractivity contribution < 1.29 is 37.9 Å². The van der Waals surface area contributed by atoms with Crippen LogP contribution in [0.4, 0.5) is 0 Å². The van der Waals surface area contributed by atoms with Gasteiger partial charge in [-0.3, -0.25) is 18.6 Å². The lowest BCUT2D eigenvalue weighted by atomic mass is 10.1. The summed E-state index contributed by atoms with van der Waals surface area (Å²) in [5.74, 6) is -0.600. The number of phosphoric acid groups is 1. The molecule has 2 unspecified atom stereocenters. The number of carbonyl (C=O) groups excluding carboxylic acids is 2. The highest BCUT2D eigenvalue weighted by atomic mass is 31.2. The number of allylic oxidation sites excluding steroid dienone is 14. The molecule has 3 N–H and O–H groups in total. The smallest absolute Gasteiger partial charge is 0.463 e. The van der Waals surface area contributed by atoms with Gasteiger partial charge in [0.15, 0.2) is 0 Å². The number of ether oxygens (including phenoxy) is 1. The fourth-order valence-corrected chi connectivity index (χ4v) is 5.36. The van der Waals surface area contributed by atoms with Crippen LogP contribution in [0.25, 0.3) is 0 Å². The second-order valence-electron chi connectivity index (χ2n) is 12.5. The summed E-state index contributed by atoms with van der Waals surface area (Å²) in [7, 11) is -4.44. The minimum atomic E-state index is -4.44. The van der Waals surface area contributed by atoms with E-state index >= 15 is 0 Å². The monoisotopic (exact) mass is 747 g/mol. The van der Waals surface area contributed by atoms with Gasteiger partial charge in [0.2, 0.25) is 5.91 Å². The highest BCUT2D eigenvalue weighted by Gasteiger charge is 2.23. The molecule has 0 spiro atoms. The zero-order valence-electron chi connectivity index (χ0n) is 32.2. The molecule has 1 amide bonds. The Kier molecular flexibility index (Phi) is 35.9. The summed E-state index contributed by atoms with van der Waals surface area (Å²) >= 11 is 0. The molecule has 0 aliphatic rings. The lowest BCUT2D eigenvalue weighted by Gasteiger charge is -2.15. The van der Waals surface area contributed by atoms with Crippen molar-refractivity contribution in [3.05, 3.63) is 85.1 Å². The lowest BCUT2D eigenvalue weighted by molar-refractivity contribution is -0.147. The van der Waals surface area contributed by atoms with E-state index in [-0.39, 0.29) is 32.1 Å². The first-order valence-electron chi connectivity index (χ1n) is 19.6. The number of carbonyl (C=O) groups is 2. The summed E-state index contributed by atoms with van der Waals surface area (Å²) in [6, 6.07) is 0. The molecule has 2 atom stereocenters. The molecule has 0 aliphatic carbocycles. The highest BCUT2D eigenvalue weighted by molar-refractivity contribution is 7.47. The van der Waals surface area contributed by atoms with Crippen molar-refractivity contribution in [1.29, 1.82) is 0 Å². The quantitative estimate of drug-likeness (QED) is 0.0253. The van der Waals surface area contributed by atoms with Crippen molar-refractivity contribution in [1.82, 2.24) is 5.32 Å². The summed E-state index contributed by atoms with van der Waals surface area (Å²) < 4.78 is 26.8. The molecule has 0 aromatic rings. The Morgan fingerprint density at radius 2 is 1.12 bits per heavy atom. The standard InChI is InChI=1S/C42H70NO8P/c1-3-5-7-9-11-13-15-17-19-20-21-22-24-26-28-30-32-34-41(45)43-36-37-50-52(47,48)51-39-40(44)38-49-42(46)35-33-31-29-27-25-23-18-16-14-12-10-8-6-4-2/h5,7,10-13,16-19,21-22,26,28,40,44H,3-4,6,8-9,14-15,20,23-25,27,29-39H2,1-2H3,(H,43,45)(H,47,48)/b7-5-,12-10-,13-11-,18-16-,19-17-,22-21-,28-26-. The summed E-state index contributed by atoms with van der Waals surface area (Å²) in [6.45, 7) is 3.27. The van der Waals surface area contributed by atoms with Gasteiger partial charge in [-0.1, -0.05) is 131 Å². The molecule has 0 radical (unpaired) electrons. The molecular weight excluding hydrogens is 677 g/mol. The third-order valence-corrected chi connectivity index (χ3v) is 8.54. The number of phosphoric ester groups is 1. The van der Waals surface area contributed by atoms with Crippen molar-refractivity contribution in [2.45, 2.75) is 142 Å². The Balaban J connectivity index is 3.75. The van der Waals surface area contributed by atoms with Crippen LogP contribution >= 0.6 is 7.82 Å². The maximum absolute atomic E-state index is 12.1. The number of aliphatic hydroxyl groups is 1. The van der Waals surface area contributed by atoms with Gasteiger partial charge in [-0.05, 0) is 77.0 Å². The molecule has 0 fully saturated rings. The minimum absolute atomic E-state index is 0.0443. The van der Waals surface area contributed by atoms with E-state index in [0.717, 1.165) is 83.5 Å². The van der Waals surface area contributed by atoms with E-state index in [1.807, 2.05) is 0 Å². The Labute approximate surface area is 315 Å². The number of hydrogen-bond acceptors (Lipinski definition) is 7. The molecule has 0 aromatic heterocycles. The van der Waals surface area contributed by atoms with Crippen LogP contribution in [0.3, 0.4) is 0 Å². The van der Waals surface area contributed by atoms with Crippen molar-refractivity contribution >= 4 is 19.7 Å². The average Bonchev–Trinajstić information content (AvgIpc) is 3.13. The van der Waals surface area contributed by atoms with Gasteiger partial charge in [-0.25, -0.2) is 4.57 Å². The largest absolute Gasteiger partial charge is 0.472 e. The minimum Gasteiger partial charge on any atom is -0.463 e. The molecule has 0 rings (SSSR count). The lowest BCUT2D eigenvalue weighted by Crippen LogP contribution is -2.27. The van der Waals surface area contributed by atoms with Gasteiger partial charge in [0.1, 0.15) is 12.7 Å². The third kappa shape index (κ3) is 38.4. The van der Waals surface area contributed by atoms with E-state index in [0.29, 0.717) is 19.3 Å². The molecule has 296 valence electrons. The molecule has 0 aromatic carbocycles. The summed E-state index contributed by atoms with van der Waals surface area (Å²) in [5, 5.41) is 12.6. The zero-order chi connectivity index (χ0) is 38.2. The van der Waals surface area contributed by atoms with Crippen LogP contribution in [0.1, 0.15) is 136 Å². The predicted molar refractivity (Wildman–Crippen MR) is 215 cm³/mol.